The second kappa shape index (κ2) is 3.42. The Morgan fingerprint density at radius 1 is 1.67 bits per heavy atom. The van der Waals surface area contributed by atoms with Crippen molar-refractivity contribution in [3.63, 3.8) is 0 Å². The minimum Gasteiger partial charge on any atom is -0.342 e. The summed E-state index contributed by atoms with van der Waals surface area (Å²) in [5.41, 5.74) is 1.66. The summed E-state index contributed by atoms with van der Waals surface area (Å²) < 4.78 is 1.79. The van der Waals surface area contributed by atoms with E-state index in [-0.39, 0.29) is 5.91 Å². The van der Waals surface area contributed by atoms with Gasteiger partial charge in [0, 0.05) is 13.6 Å². The molecule has 5 nitrogen and oxygen atoms in total. The third-order valence-corrected chi connectivity index (χ3v) is 2.44. The molecule has 1 N–H and O–H groups in total. The average molecular weight is 206 g/mol. The van der Waals surface area contributed by atoms with Gasteiger partial charge in [0.15, 0.2) is 5.82 Å². The molecular weight excluding hydrogens is 192 g/mol. The zero-order valence-electron chi connectivity index (χ0n) is 8.95. The highest BCUT2D eigenvalue weighted by atomic mass is 16.2. The van der Waals surface area contributed by atoms with Crippen LogP contribution < -0.4 is 10.2 Å². The Balaban J connectivity index is 2.48. The normalized spacial score (nSPS) is 14.8. The highest BCUT2D eigenvalue weighted by Crippen LogP contribution is 2.31. The molecule has 0 spiro atoms. The number of rotatable bonds is 2. The second-order valence-corrected chi connectivity index (χ2v) is 3.62. The van der Waals surface area contributed by atoms with Gasteiger partial charge in [-0.25, -0.2) is 0 Å². The van der Waals surface area contributed by atoms with Crippen molar-refractivity contribution < 1.29 is 4.79 Å². The SMILES string of the molecule is C=CCN1CC(=O)Nc2c(C)nn(C)c21. The predicted octanol–water partition coefficient (Wildman–Crippen LogP) is 0.673. The van der Waals surface area contributed by atoms with Gasteiger partial charge < -0.3 is 10.2 Å². The monoisotopic (exact) mass is 206 g/mol. The number of amides is 1. The lowest BCUT2D eigenvalue weighted by Gasteiger charge is -2.28. The van der Waals surface area contributed by atoms with Crippen molar-refractivity contribution in [1.29, 1.82) is 0 Å². The molecule has 1 aromatic heterocycles. The molecule has 0 fully saturated rings. The Morgan fingerprint density at radius 3 is 3.07 bits per heavy atom. The van der Waals surface area contributed by atoms with E-state index in [4.69, 9.17) is 0 Å². The Hall–Kier alpha value is -1.78. The molecule has 0 aliphatic carbocycles. The third-order valence-electron chi connectivity index (χ3n) is 2.44. The molecule has 2 heterocycles. The number of fused-ring (bicyclic) bond motifs is 1. The lowest BCUT2D eigenvalue weighted by molar-refractivity contribution is -0.115. The molecule has 1 amide bonds. The summed E-state index contributed by atoms with van der Waals surface area (Å²) in [6.45, 7) is 6.58. The van der Waals surface area contributed by atoms with E-state index in [1.807, 2.05) is 18.9 Å². The number of hydrogen-bond donors (Lipinski definition) is 1. The summed E-state index contributed by atoms with van der Waals surface area (Å²) >= 11 is 0. The smallest absolute Gasteiger partial charge is 0.244 e. The Bertz CT molecular complexity index is 421. The number of carbonyl (C=O) groups is 1. The first-order chi connectivity index (χ1) is 7.13. The minimum atomic E-state index is 0.000417. The molecule has 1 aliphatic heterocycles. The Labute approximate surface area is 88.4 Å². The molecule has 0 aromatic carbocycles. The summed E-state index contributed by atoms with van der Waals surface area (Å²) in [5.74, 6) is 0.951. The van der Waals surface area contributed by atoms with E-state index < -0.39 is 0 Å². The molecule has 0 unspecified atom stereocenters. The quantitative estimate of drug-likeness (QED) is 0.724. The van der Waals surface area contributed by atoms with Crippen LogP contribution in [0.2, 0.25) is 0 Å². The number of nitrogens with zero attached hydrogens (tertiary/aromatic N) is 3. The second-order valence-electron chi connectivity index (χ2n) is 3.62. The molecule has 0 bridgehead atoms. The van der Waals surface area contributed by atoms with E-state index >= 15 is 0 Å². The molecule has 0 saturated carbocycles. The number of aromatic nitrogens is 2. The van der Waals surface area contributed by atoms with Crippen LogP contribution in [-0.4, -0.2) is 28.8 Å². The fourth-order valence-corrected chi connectivity index (χ4v) is 1.89. The fourth-order valence-electron chi connectivity index (χ4n) is 1.89. The van der Waals surface area contributed by atoms with Gasteiger partial charge in [0.05, 0.1) is 12.2 Å². The van der Waals surface area contributed by atoms with Gasteiger partial charge in [-0.1, -0.05) is 6.08 Å². The zero-order valence-corrected chi connectivity index (χ0v) is 8.95. The number of aryl methyl sites for hydroxylation is 2. The Kier molecular flexibility index (Phi) is 2.22. The highest BCUT2D eigenvalue weighted by molar-refractivity contribution is 6.01. The van der Waals surface area contributed by atoms with Crippen LogP contribution in [-0.2, 0) is 11.8 Å². The average Bonchev–Trinajstić information content (AvgIpc) is 2.42. The van der Waals surface area contributed by atoms with Crippen molar-refractivity contribution >= 4 is 17.4 Å². The summed E-state index contributed by atoms with van der Waals surface area (Å²) in [7, 11) is 1.87. The highest BCUT2D eigenvalue weighted by Gasteiger charge is 2.26. The standard InChI is InChI=1S/C10H14N4O/c1-4-5-14-6-8(15)11-9-7(2)12-13(3)10(9)14/h4H,1,5-6H2,2-3H3,(H,11,15). The van der Waals surface area contributed by atoms with Crippen molar-refractivity contribution in [2.45, 2.75) is 6.92 Å². The molecule has 80 valence electrons. The van der Waals surface area contributed by atoms with Crippen LogP contribution in [0.1, 0.15) is 5.69 Å². The van der Waals surface area contributed by atoms with Crippen LogP contribution in [0.15, 0.2) is 12.7 Å². The number of carbonyl (C=O) groups excluding carboxylic acids is 1. The van der Waals surface area contributed by atoms with Gasteiger partial charge in [-0.05, 0) is 6.92 Å². The first-order valence-corrected chi connectivity index (χ1v) is 4.82. The molecular formula is C10H14N4O. The maximum atomic E-state index is 11.4. The maximum Gasteiger partial charge on any atom is 0.244 e. The molecule has 0 atom stereocenters. The van der Waals surface area contributed by atoms with Crippen LogP contribution >= 0.6 is 0 Å². The molecule has 2 rings (SSSR count). The number of hydrogen-bond acceptors (Lipinski definition) is 3. The van der Waals surface area contributed by atoms with Gasteiger partial charge in [-0.2, -0.15) is 5.10 Å². The van der Waals surface area contributed by atoms with Crippen molar-refractivity contribution in [3.05, 3.63) is 18.3 Å². The van der Waals surface area contributed by atoms with E-state index in [2.05, 4.69) is 17.0 Å². The predicted molar refractivity (Wildman–Crippen MR) is 59.0 cm³/mol. The Morgan fingerprint density at radius 2 is 2.40 bits per heavy atom. The lowest BCUT2D eigenvalue weighted by Crippen LogP contribution is -2.39. The van der Waals surface area contributed by atoms with E-state index in [1.165, 1.54) is 0 Å². The summed E-state index contributed by atoms with van der Waals surface area (Å²) in [4.78, 5) is 13.4. The number of nitrogens with one attached hydrogen (secondary N) is 1. The van der Waals surface area contributed by atoms with Crippen LogP contribution in [0, 0.1) is 6.92 Å². The third kappa shape index (κ3) is 1.49. The largest absolute Gasteiger partial charge is 0.342 e. The van der Waals surface area contributed by atoms with Crippen molar-refractivity contribution in [2.24, 2.45) is 7.05 Å². The van der Waals surface area contributed by atoms with Gasteiger partial charge in [-0.3, -0.25) is 9.48 Å². The van der Waals surface area contributed by atoms with Gasteiger partial charge in [-0.15, -0.1) is 6.58 Å². The van der Waals surface area contributed by atoms with Crippen LogP contribution in [0.25, 0.3) is 0 Å². The van der Waals surface area contributed by atoms with Crippen molar-refractivity contribution in [2.75, 3.05) is 23.3 Å². The first-order valence-electron chi connectivity index (χ1n) is 4.82. The zero-order chi connectivity index (χ0) is 11.0. The topological polar surface area (TPSA) is 50.2 Å². The summed E-state index contributed by atoms with van der Waals surface area (Å²) in [5, 5.41) is 7.12. The molecule has 0 radical (unpaired) electrons. The molecule has 15 heavy (non-hydrogen) atoms. The fraction of sp³-hybridized carbons (Fsp3) is 0.400. The molecule has 1 aliphatic rings. The van der Waals surface area contributed by atoms with Crippen LogP contribution in [0.3, 0.4) is 0 Å². The number of anilines is 2. The van der Waals surface area contributed by atoms with Gasteiger partial charge in [0.25, 0.3) is 0 Å². The van der Waals surface area contributed by atoms with E-state index in [1.54, 1.807) is 10.8 Å². The molecule has 0 saturated heterocycles. The van der Waals surface area contributed by atoms with Crippen molar-refractivity contribution in [3.8, 4) is 0 Å². The van der Waals surface area contributed by atoms with Gasteiger partial charge in [0.1, 0.15) is 5.69 Å². The summed E-state index contributed by atoms with van der Waals surface area (Å²) in [6.07, 6.45) is 1.78. The van der Waals surface area contributed by atoms with Gasteiger partial charge >= 0.3 is 0 Å². The van der Waals surface area contributed by atoms with Crippen LogP contribution in [0.5, 0.6) is 0 Å². The van der Waals surface area contributed by atoms with Crippen LogP contribution in [0.4, 0.5) is 11.5 Å². The summed E-state index contributed by atoms with van der Waals surface area (Å²) in [6, 6.07) is 0. The lowest BCUT2D eigenvalue weighted by atomic mass is 10.2. The molecule has 5 heteroatoms. The maximum absolute atomic E-state index is 11.4. The van der Waals surface area contributed by atoms with E-state index in [9.17, 15) is 4.79 Å². The van der Waals surface area contributed by atoms with E-state index in [0.29, 0.717) is 13.1 Å². The van der Waals surface area contributed by atoms with Crippen molar-refractivity contribution in [1.82, 2.24) is 9.78 Å². The first kappa shape index (κ1) is 9.76. The molecule has 1 aromatic rings. The van der Waals surface area contributed by atoms with E-state index in [0.717, 1.165) is 17.2 Å². The van der Waals surface area contributed by atoms with Gasteiger partial charge in [0.2, 0.25) is 5.91 Å². The minimum absolute atomic E-state index is 0.000417.